The van der Waals surface area contributed by atoms with Crippen LogP contribution in [0.2, 0.25) is 0 Å². The molecule has 0 saturated carbocycles. The molecule has 0 radical (unpaired) electrons. The summed E-state index contributed by atoms with van der Waals surface area (Å²) in [5, 5.41) is 8.80. The Morgan fingerprint density at radius 3 is 2.53 bits per heavy atom. The third-order valence-electron chi connectivity index (χ3n) is 2.74. The Hall–Kier alpha value is -1.62. The third-order valence-corrected chi connectivity index (χ3v) is 2.74. The molecule has 1 aliphatic rings. The summed E-state index contributed by atoms with van der Waals surface area (Å²) in [6.07, 6.45) is 1.72. The van der Waals surface area contributed by atoms with Crippen LogP contribution in [0.15, 0.2) is 18.3 Å². The van der Waals surface area contributed by atoms with E-state index in [1.807, 2.05) is 13.8 Å². The van der Waals surface area contributed by atoms with Gasteiger partial charge in [-0.25, -0.2) is 9.78 Å². The first-order valence-electron chi connectivity index (χ1n) is 5.66. The highest BCUT2D eigenvalue weighted by atomic mass is 16.5. The summed E-state index contributed by atoms with van der Waals surface area (Å²) in [5.41, 5.74) is 0.211. The number of carbonyl (C=O) groups is 1. The van der Waals surface area contributed by atoms with Crippen molar-refractivity contribution in [3.8, 4) is 0 Å². The molecule has 1 saturated heterocycles. The first-order chi connectivity index (χ1) is 8.06. The van der Waals surface area contributed by atoms with E-state index < -0.39 is 5.97 Å². The highest BCUT2D eigenvalue weighted by Gasteiger charge is 2.23. The van der Waals surface area contributed by atoms with Gasteiger partial charge in [0, 0.05) is 19.3 Å². The van der Waals surface area contributed by atoms with Gasteiger partial charge < -0.3 is 14.7 Å². The second-order valence-electron chi connectivity index (χ2n) is 4.37. The number of aromatic nitrogens is 1. The molecule has 2 atom stereocenters. The molecule has 0 bridgehead atoms. The predicted molar refractivity (Wildman–Crippen MR) is 63.4 cm³/mol. The van der Waals surface area contributed by atoms with Crippen molar-refractivity contribution in [3.63, 3.8) is 0 Å². The molecule has 2 rings (SSSR count). The number of anilines is 1. The van der Waals surface area contributed by atoms with Gasteiger partial charge in [0.15, 0.2) is 0 Å². The van der Waals surface area contributed by atoms with E-state index in [-0.39, 0.29) is 17.8 Å². The van der Waals surface area contributed by atoms with E-state index in [2.05, 4.69) is 9.88 Å². The van der Waals surface area contributed by atoms with Crippen LogP contribution in [0.4, 0.5) is 5.82 Å². The molecule has 92 valence electrons. The van der Waals surface area contributed by atoms with Gasteiger partial charge in [0.05, 0.1) is 17.8 Å². The fourth-order valence-electron chi connectivity index (χ4n) is 2.06. The molecule has 5 nitrogen and oxygen atoms in total. The highest BCUT2D eigenvalue weighted by molar-refractivity contribution is 5.87. The van der Waals surface area contributed by atoms with Crippen molar-refractivity contribution in [2.24, 2.45) is 0 Å². The molecule has 1 aromatic heterocycles. The quantitative estimate of drug-likeness (QED) is 0.840. The topological polar surface area (TPSA) is 62.7 Å². The van der Waals surface area contributed by atoms with Crippen LogP contribution in [0.5, 0.6) is 0 Å². The van der Waals surface area contributed by atoms with Crippen molar-refractivity contribution in [1.82, 2.24) is 4.98 Å². The molecule has 17 heavy (non-hydrogen) atoms. The normalized spacial score (nSPS) is 24.7. The van der Waals surface area contributed by atoms with Gasteiger partial charge in [0.1, 0.15) is 5.82 Å². The van der Waals surface area contributed by atoms with E-state index in [0.29, 0.717) is 0 Å². The number of ether oxygens (including phenoxy) is 1. The van der Waals surface area contributed by atoms with Gasteiger partial charge in [-0.1, -0.05) is 0 Å². The van der Waals surface area contributed by atoms with E-state index in [1.165, 1.54) is 6.20 Å². The van der Waals surface area contributed by atoms with E-state index >= 15 is 0 Å². The second kappa shape index (κ2) is 4.71. The van der Waals surface area contributed by atoms with Gasteiger partial charge >= 0.3 is 5.97 Å². The average molecular weight is 236 g/mol. The minimum atomic E-state index is -0.951. The molecule has 1 aliphatic heterocycles. The third kappa shape index (κ3) is 2.74. The summed E-state index contributed by atoms with van der Waals surface area (Å²) >= 11 is 0. The van der Waals surface area contributed by atoms with Crippen molar-refractivity contribution in [3.05, 3.63) is 23.9 Å². The summed E-state index contributed by atoms with van der Waals surface area (Å²) < 4.78 is 5.64. The molecule has 5 heteroatoms. The molecule has 0 aromatic carbocycles. The molecule has 0 spiro atoms. The Kier molecular flexibility index (Phi) is 3.28. The SMILES string of the molecule is C[C@@H]1CN(c2ccc(C(=O)O)cn2)C[C@@H](C)O1. The maximum atomic E-state index is 10.7. The lowest BCUT2D eigenvalue weighted by atomic mass is 10.2. The van der Waals surface area contributed by atoms with Gasteiger partial charge in [-0.05, 0) is 26.0 Å². The van der Waals surface area contributed by atoms with Crippen molar-refractivity contribution < 1.29 is 14.6 Å². The minimum absolute atomic E-state index is 0.166. The molecular formula is C12H16N2O3. The number of aromatic carboxylic acids is 1. The minimum Gasteiger partial charge on any atom is -0.478 e. The average Bonchev–Trinajstić information content (AvgIpc) is 2.28. The zero-order chi connectivity index (χ0) is 12.4. The van der Waals surface area contributed by atoms with Gasteiger partial charge in [-0.15, -0.1) is 0 Å². The fraction of sp³-hybridized carbons (Fsp3) is 0.500. The standard InChI is InChI=1S/C12H16N2O3/c1-8-6-14(7-9(2)17-8)11-4-3-10(5-13-11)12(15)16/h3-5,8-9H,6-7H2,1-2H3,(H,15,16)/t8-,9-/m1/s1. The summed E-state index contributed by atoms with van der Waals surface area (Å²) in [5.74, 6) is -0.148. The zero-order valence-electron chi connectivity index (χ0n) is 9.96. The van der Waals surface area contributed by atoms with Gasteiger partial charge in [0.2, 0.25) is 0 Å². The van der Waals surface area contributed by atoms with E-state index in [9.17, 15) is 4.79 Å². The van der Waals surface area contributed by atoms with Crippen LogP contribution in [0.25, 0.3) is 0 Å². The lowest BCUT2D eigenvalue weighted by Gasteiger charge is -2.36. The van der Waals surface area contributed by atoms with Crippen LogP contribution in [0.3, 0.4) is 0 Å². The highest BCUT2D eigenvalue weighted by Crippen LogP contribution is 2.18. The molecule has 1 aromatic rings. The van der Waals surface area contributed by atoms with Crippen molar-refractivity contribution >= 4 is 11.8 Å². The Morgan fingerprint density at radius 1 is 1.41 bits per heavy atom. The Balaban J connectivity index is 2.14. The van der Waals surface area contributed by atoms with Crippen molar-refractivity contribution in [2.75, 3.05) is 18.0 Å². The van der Waals surface area contributed by atoms with Crippen molar-refractivity contribution in [1.29, 1.82) is 0 Å². The molecule has 1 N–H and O–H groups in total. The zero-order valence-corrected chi connectivity index (χ0v) is 9.96. The lowest BCUT2D eigenvalue weighted by molar-refractivity contribution is -0.00546. The number of morpholine rings is 1. The number of carboxylic acid groups (broad SMARTS) is 1. The first kappa shape index (κ1) is 11.9. The van der Waals surface area contributed by atoms with Crippen molar-refractivity contribution in [2.45, 2.75) is 26.1 Å². The van der Waals surface area contributed by atoms with Crippen LogP contribution >= 0.6 is 0 Å². The number of pyridine rings is 1. The molecule has 0 aliphatic carbocycles. The Labute approximate surface area is 100 Å². The monoisotopic (exact) mass is 236 g/mol. The van der Waals surface area contributed by atoms with Crippen LogP contribution in [-0.2, 0) is 4.74 Å². The molecule has 0 amide bonds. The number of hydrogen-bond donors (Lipinski definition) is 1. The summed E-state index contributed by atoms with van der Waals surface area (Å²) in [7, 11) is 0. The smallest absolute Gasteiger partial charge is 0.337 e. The lowest BCUT2D eigenvalue weighted by Crippen LogP contribution is -2.45. The summed E-state index contributed by atoms with van der Waals surface area (Å²) in [4.78, 5) is 17.0. The van der Waals surface area contributed by atoms with Crippen LogP contribution in [-0.4, -0.2) is 41.4 Å². The molecule has 1 fully saturated rings. The Morgan fingerprint density at radius 2 is 2.06 bits per heavy atom. The molecule has 2 heterocycles. The summed E-state index contributed by atoms with van der Waals surface area (Å²) in [6, 6.07) is 3.32. The summed E-state index contributed by atoms with van der Waals surface area (Å²) in [6.45, 7) is 5.61. The second-order valence-corrected chi connectivity index (χ2v) is 4.37. The van der Waals surface area contributed by atoms with Gasteiger partial charge in [0.25, 0.3) is 0 Å². The van der Waals surface area contributed by atoms with E-state index in [4.69, 9.17) is 9.84 Å². The largest absolute Gasteiger partial charge is 0.478 e. The fourth-order valence-corrected chi connectivity index (χ4v) is 2.06. The number of rotatable bonds is 2. The van der Waals surface area contributed by atoms with Gasteiger partial charge in [-0.3, -0.25) is 0 Å². The van der Waals surface area contributed by atoms with E-state index in [1.54, 1.807) is 12.1 Å². The predicted octanol–water partition coefficient (Wildman–Crippen LogP) is 1.39. The number of hydrogen-bond acceptors (Lipinski definition) is 4. The van der Waals surface area contributed by atoms with E-state index in [0.717, 1.165) is 18.9 Å². The Bertz CT molecular complexity index is 395. The first-order valence-corrected chi connectivity index (χ1v) is 5.66. The van der Waals surface area contributed by atoms with Crippen LogP contribution in [0.1, 0.15) is 24.2 Å². The molecule has 0 unspecified atom stereocenters. The maximum absolute atomic E-state index is 10.7. The number of carboxylic acids is 1. The molecular weight excluding hydrogens is 220 g/mol. The van der Waals surface area contributed by atoms with Crippen LogP contribution < -0.4 is 4.90 Å². The maximum Gasteiger partial charge on any atom is 0.337 e. The van der Waals surface area contributed by atoms with Crippen LogP contribution in [0, 0.1) is 0 Å². The number of nitrogens with zero attached hydrogens (tertiary/aromatic N) is 2. The van der Waals surface area contributed by atoms with Gasteiger partial charge in [-0.2, -0.15) is 0 Å².